The van der Waals surface area contributed by atoms with Crippen LogP contribution < -0.4 is 4.72 Å². The molecule has 2 N–H and O–H groups in total. The van der Waals surface area contributed by atoms with E-state index >= 15 is 0 Å². The lowest BCUT2D eigenvalue weighted by atomic mass is 10.2. The number of hydrogen-bond donors (Lipinski definition) is 2. The second-order valence-corrected chi connectivity index (χ2v) is 6.20. The third kappa shape index (κ3) is 2.86. The van der Waals surface area contributed by atoms with Crippen molar-refractivity contribution in [2.45, 2.75) is 37.3 Å². The molecule has 0 bridgehead atoms. The predicted molar refractivity (Wildman–Crippen MR) is 64.9 cm³/mol. The van der Waals surface area contributed by atoms with Crippen molar-refractivity contribution in [3.63, 3.8) is 0 Å². The molecule has 0 radical (unpaired) electrons. The van der Waals surface area contributed by atoms with E-state index in [1.54, 1.807) is 18.2 Å². The lowest BCUT2D eigenvalue weighted by Crippen LogP contribution is -2.34. The molecule has 1 aromatic carbocycles. The first-order valence-corrected chi connectivity index (χ1v) is 7.24. The van der Waals surface area contributed by atoms with Crippen LogP contribution in [0.15, 0.2) is 29.2 Å². The van der Waals surface area contributed by atoms with Crippen molar-refractivity contribution in [1.29, 1.82) is 0 Å². The number of rotatable bonds is 5. The lowest BCUT2D eigenvalue weighted by molar-refractivity contribution is 0.278. The second-order valence-electron chi connectivity index (χ2n) is 4.51. The first-order valence-electron chi connectivity index (χ1n) is 5.75. The fourth-order valence-electron chi connectivity index (χ4n) is 1.90. The highest BCUT2D eigenvalue weighted by Crippen LogP contribution is 2.33. The van der Waals surface area contributed by atoms with Gasteiger partial charge in [-0.1, -0.05) is 18.2 Å². The first kappa shape index (κ1) is 12.5. The summed E-state index contributed by atoms with van der Waals surface area (Å²) in [6.45, 7) is 1.62. The number of sulfonamides is 1. The van der Waals surface area contributed by atoms with E-state index in [1.165, 1.54) is 6.07 Å². The molecular formula is C12H17NO3S. The monoisotopic (exact) mass is 255 g/mol. The Labute approximate surface area is 102 Å². The van der Waals surface area contributed by atoms with Gasteiger partial charge >= 0.3 is 0 Å². The van der Waals surface area contributed by atoms with E-state index in [0.717, 1.165) is 12.8 Å². The summed E-state index contributed by atoms with van der Waals surface area (Å²) >= 11 is 0. The zero-order valence-electron chi connectivity index (χ0n) is 9.76. The van der Waals surface area contributed by atoms with Crippen LogP contribution in [0.25, 0.3) is 0 Å². The highest BCUT2D eigenvalue weighted by Gasteiger charge is 2.31. The van der Waals surface area contributed by atoms with Gasteiger partial charge in [0, 0.05) is 6.04 Å². The van der Waals surface area contributed by atoms with Gasteiger partial charge in [-0.3, -0.25) is 0 Å². The molecule has 0 spiro atoms. The zero-order valence-corrected chi connectivity index (χ0v) is 10.6. The summed E-state index contributed by atoms with van der Waals surface area (Å²) in [6.07, 6.45) is 2.18. The largest absolute Gasteiger partial charge is 0.392 e. The standard InChI is InChI=1S/C12H17NO3S/c1-9(10-6-7-10)13-17(15,16)12-5-3-2-4-11(12)8-14/h2-5,9-10,13-14H,6-8H2,1H3. The normalized spacial score (nSPS) is 18.0. The summed E-state index contributed by atoms with van der Waals surface area (Å²) in [4.78, 5) is 0.176. The van der Waals surface area contributed by atoms with Gasteiger partial charge in [0.1, 0.15) is 0 Å². The summed E-state index contributed by atoms with van der Waals surface area (Å²) in [7, 11) is -3.52. The van der Waals surface area contributed by atoms with Gasteiger partial charge in [0.05, 0.1) is 11.5 Å². The van der Waals surface area contributed by atoms with E-state index in [9.17, 15) is 8.42 Å². The number of benzene rings is 1. The molecule has 0 aliphatic heterocycles. The Balaban J connectivity index is 2.24. The van der Waals surface area contributed by atoms with Crippen LogP contribution in [0.5, 0.6) is 0 Å². The van der Waals surface area contributed by atoms with Gasteiger partial charge in [-0.15, -0.1) is 0 Å². The van der Waals surface area contributed by atoms with Crippen LogP contribution in [0.3, 0.4) is 0 Å². The topological polar surface area (TPSA) is 66.4 Å². The van der Waals surface area contributed by atoms with Gasteiger partial charge in [0.2, 0.25) is 10.0 Å². The summed E-state index contributed by atoms with van der Waals surface area (Å²) in [6, 6.07) is 6.49. The number of hydrogen-bond acceptors (Lipinski definition) is 3. The smallest absolute Gasteiger partial charge is 0.241 e. The van der Waals surface area contributed by atoms with E-state index in [1.807, 2.05) is 6.92 Å². The minimum atomic E-state index is -3.52. The molecule has 94 valence electrons. The van der Waals surface area contributed by atoms with Crippen LogP contribution in [0.2, 0.25) is 0 Å². The van der Waals surface area contributed by atoms with Crippen LogP contribution in [0, 0.1) is 5.92 Å². The first-order chi connectivity index (χ1) is 8.04. The van der Waals surface area contributed by atoms with Crippen molar-refractivity contribution in [3.8, 4) is 0 Å². The van der Waals surface area contributed by atoms with E-state index in [4.69, 9.17) is 5.11 Å². The molecule has 1 atom stereocenters. The summed E-state index contributed by atoms with van der Waals surface area (Å²) < 4.78 is 26.9. The van der Waals surface area contributed by atoms with Crippen molar-refractivity contribution in [2.75, 3.05) is 0 Å². The second kappa shape index (κ2) is 4.76. The van der Waals surface area contributed by atoms with Gasteiger partial charge < -0.3 is 5.11 Å². The Bertz CT molecular complexity index is 494. The average molecular weight is 255 g/mol. The van der Waals surface area contributed by atoms with Crippen molar-refractivity contribution < 1.29 is 13.5 Å². The Morgan fingerprint density at radius 2 is 2.06 bits per heavy atom. The van der Waals surface area contributed by atoms with Crippen molar-refractivity contribution in [1.82, 2.24) is 4.72 Å². The van der Waals surface area contributed by atoms with Gasteiger partial charge in [0.15, 0.2) is 0 Å². The van der Waals surface area contributed by atoms with E-state index in [0.29, 0.717) is 11.5 Å². The maximum Gasteiger partial charge on any atom is 0.241 e. The molecule has 0 saturated heterocycles. The summed E-state index contributed by atoms with van der Waals surface area (Å²) in [5.74, 6) is 0.464. The molecule has 2 rings (SSSR count). The van der Waals surface area contributed by atoms with E-state index < -0.39 is 10.0 Å². The molecule has 5 heteroatoms. The molecule has 1 aliphatic carbocycles. The maximum absolute atomic E-state index is 12.1. The molecule has 1 aromatic rings. The molecule has 0 heterocycles. The Morgan fingerprint density at radius 1 is 1.41 bits per heavy atom. The molecule has 0 aromatic heterocycles. The minimum absolute atomic E-state index is 0.0354. The van der Waals surface area contributed by atoms with Gasteiger partial charge in [-0.05, 0) is 37.3 Å². The van der Waals surface area contributed by atoms with Gasteiger partial charge in [0.25, 0.3) is 0 Å². The van der Waals surface area contributed by atoms with E-state index in [-0.39, 0.29) is 17.5 Å². The zero-order chi connectivity index (χ0) is 12.5. The molecule has 4 nitrogen and oxygen atoms in total. The van der Waals surface area contributed by atoms with Crippen LogP contribution in [-0.2, 0) is 16.6 Å². The average Bonchev–Trinajstić information content (AvgIpc) is 3.12. The summed E-state index contributed by atoms with van der Waals surface area (Å²) in [5, 5.41) is 9.15. The number of nitrogens with one attached hydrogen (secondary N) is 1. The minimum Gasteiger partial charge on any atom is -0.392 e. The van der Waals surface area contributed by atoms with Crippen LogP contribution in [-0.4, -0.2) is 19.6 Å². The molecule has 1 fully saturated rings. The van der Waals surface area contributed by atoms with Gasteiger partial charge in [-0.2, -0.15) is 0 Å². The van der Waals surface area contributed by atoms with Crippen LogP contribution in [0.1, 0.15) is 25.3 Å². The quantitative estimate of drug-likeness (QED) is 0.832. The van der Waals surface area contributed by atoms with Crippen molar-refractivity contribution >= 4 is 10.0 Å². The third-order valence-corrected chi connectivity index (χ3v) is 4.76. The lowest BCUT2D eigenvalue weighted by Gasteiger charge is -2.15. The Kier molecular flexibility index (Phi) is 3.51. The van der Waals surface area contributed by atoms with Gasteiger partial charge in [-0.25, -0.2) is 13.1 Å². The third-order valence-electron chi connectivity index (χ3n) is 3.10. The highest BCUT2D eigenvalue weighted by atomic mass is 32.2. The highest BCUT2D eigenvalue weighted by molar-refractivity contribution is 7.89. The molecule has 1 saturated carbocycles. The molecular weight excluding hydrogens is 238 g/mol. The predicted octanol–water partition coefficient (Wildman–Crippen LogP) is 1.26. The molecule has 1 unspecified atom stereocenters. The maximum atomic E-state index is 12.1. The van der Waals surface area contributed by atoms with Crippen LogP contribution >= 0.6 is 0 Å². The fraction of sp³-hybridized carbons (Fsp3) is 0.500. The number of aliphatic hydroxyl groups excluding tert-OH is 1. The molecule has 17 heavy (non-hydrogen) atoms. The summed E-state index contributed by atoms with van der Waals surface area (Å²) in [5.41, 5.74) is 0.433. The fourth-order valence-corrected chi connectivity index (χ4v) is 3.44. The Morgan fingerprint density at radius 3 is 2.65 bits per heavy atom. The van der Waals surface area contributed by atoms with E-state index in [2.05, 4.69) is 4.72 Å². The molecule has 1 aliphatic rings. The SMILES string of the molecule is CC(NS(=O)(=O)c1ccccc1CO)C1CC1. The number of aliphatic hydroxyl groups is 1. The van der Waals surface area contributed by atoms with Crippen LogP contribution in [0.4, 0.5) is 0 Å². The van der Waals surface area contributed by atoms with Crippen molar-refractivity contribution in [2.24, 2.45) is 5.92 Å². The Hall–Kier alpha value is -0.910. The van der Waals surface area contributed by atoms with Crippen molar-refractivity contribution in [3.05, 3.63) is 29.8 Å². The molecule has 0 amide bonds.